The number of halogens is 3. The van der Waals surface area contributed by atoms with E-state index in [0.29, 0.717) is 0 Å². The Labute approximate surface area is 106 Å². The van der Waals surface area contributed by atoms with Crippen molar-refractivity contribution in [3.8, 4) is 5.82 Å². The van der Waals surface area contributed by atoms with E-state index in [2.05, 4.69) is 15.4 Å². The third-order valence-electron chi connectivity index (χ3n) is 2.20. The number of anilines is 1. The monoisotopic (exact) mass is 270 g/mol. The fraction of sp³-hybridized carbons (Fsp3) is 0.182. The molecule has 0 aliphatic rings. The van der Waals surface area contributed by atoms with E-state index in [9.17, 15) is 18.0 Å². The normalized spacial score (nSPS) is 11.4. The second-order valence-electron chi connectivity index (χ2n) is 3.70. The zero-order chi connectivity index (χ0) is 14.0. The van der Waals surface area contributed by atoms with Gasteiger partial charge in [0.15, 0.2) is 11.6 Å². The van der Waals surface area contributed by atoms with Gasteiger partial charge in [-0.3, -0.25) is 4.79 Å². The van der Waals surface area contributed by atoms with Crippen molar-refractivity contribution in [3.05, 3.63) is 36.2 Å². The quantitative estimate of drug-likeness (QED) is 0.910. The third kappa shape index (κ3) is 2.90. The third-order valence-corrected chi connectivity index (χ3v) is 2.20. The first-order valence-corrected chi connectivity index (χ1v) is 5.24. The van der Waals surface area contributed by atoms with Gasteiger partial charge in [-0.2, -0.15) is 13.2 Å². The molecule has 0 radical (unpaired) electrons. The van der Waals surface area contributed by atoms with E-state index in [4.69, 9.17) is 0 Å². The predicted molar refractivity (Wildman–Crippen MR) is 60.7 cm³/mol. The maximum Gasteiger partial charge on any atom is 0.420 e. The summed E-state index contributed by atoms with van der Waals surface area (Å²) in [6.45, 7) is 1.28. The molecule has 0 unspecified atom stereocenters. The number of aromatic nitrogens is 3. The van der Waals surface area contributed by atoms with Gasteiger partial charge in [0.25, 0.3) is 0 Å². The van der Waals surface area contributed by atoms with Gasteiger partial charge in [0.1, 0.15) is 5.56 Å². The first kappa shape index (κ1) is 13.1. The van der Waals surface area contributed by atoms with Crippen LogP contribution in [0.15, 0.2) is 30.6 Å². The summed E-state index contributed by atoms with van der Waals surface area (Å²) in [5.41, 5.74) is -0.896. The molecular formula is C11H9F3N4O. The number of nitrogens with zero attached hydrogens (tertiary/aromatic N) is 3. The Kier molecular flexibility index (Phi) is 3.24. The number of amides is 1. The zero-order valence-electron chi connectivity index (χ0n) is 9.77. The lowest BCUT2D eigenvalue weighted by molar-refractivity contribution is -0.137. The summed E-state index contributed by atoms with van der Waals surface area (Å²) in [4.78, 5) is 14.5. The fourth-order valence-corrected chi connectivity index (χ4v) is 1.49. The number of nitrogens with one attached hydrogen (secondary N) is 1. The van der Waals surface area contributed by atoms with Gasteiger partial charge in [0.2, 0.25) is 5.91 Å². The van der Waals surface area contributed by atoms with E-state index in [1.165, 1.54) is 31.5 Å². The first-order chi connectivity index (χ1) is 8.88. The van der Waals surface area contributed by atoms with Crippen LogP contribution in [0.25, 0.3) is 5.82 Å². The van der Waals surface area contributed by atoms with Crippen LogP contribution in [0.1, 0.15) is 12.5 Å². The summed E-state index contributed by atoms with van der Waals surface area (Å²) in [6, 6.07) is 3.50. The van der Waals surface area contributed by atoms with Crippen LogP contribution in [0.4, 0.5) is 19.0 Å². The molecule has 2 aromatic rings. The number of carbonyl (C=O) groups is 1. The molecule has 5 nitrogen and oxygen atoms in total. The Hall–Kier alpha value is -2.38. The lowest BCUT2D eigenvalue weighted by Gasteiger charge is -2.10. The van der Waals surface area contributed by atoms with Crippen molar-refractivity contribution >= 4 is 11.7 Å². The number of carbonyl (C=O) groups excluding carboxylic acids is 1. The highest BCUT2D eigenvalue weighted by Crippen LogP contribution is 2.32. The van der Waals surface area contributed by atoms with Gasteiger partial charge < -0.3 is 5.32 Å². The van der Waals surface area contributed by atoms with Crippen LogP contribution < -0.4 is 5.32 Å². The van der Waals surface area contributed by atoms with E-state index in [1.54, 1.807) is 0 Å². The molecular weight excluding hydrogens is 261 g/mol. The average Bonchev–Trinajstić information content (AvgIpc) is 2.75. The van der Waals surface area contributed by atoms with Gasteiger partial charge in [0.05, 0.1) is 0 Å². The van der Waals surface area contributed by atoms with Crippen molar-refractivity contribution in [3.63, 3.8) is 0 Å². The van der Waals surface area contributed by atoms with E-state index in [-0.39, 0.29) is 17.5 Å². The van der Waals surface area contributed by atoms with Gasteiger partial charge in [0, 0.05) is 25.4 Å². The Bertz CT molecular complexity index is 606. The summed E-state index contributed by atoms with van der Waals surface area (Å²) in [7, 11) is 0. The van der Waals surface area contributed by atoms with Crippen molar-refractivity contribution in [1.29, 1.82) is 0 Å². The van der Waals surface area contributed by atoms with E-state index < -0.39 is 11.7 Å². The van der Waals surface area contributed by atoms with Gasteiger partial charge in [-0.05, 0) is 12.1 Å². The molecule has 19 heavy (non-hydrogen) atoms. The SMILES string of the molecule is CC(=O)Nc1ccn(-c2ncccc2C(F)(F)F)n1. The maximum atomic E-state index is 12.8. The molecule has 100 valence electrons. The number of pyridine rings is 1. The molecule has 0 fully saturated rings. The minimum absolute atomic E-state index is 0.159. The highest BCUT2D eigenvalue weighted by atomic mass is 19.4. The molecule has 0 saturated heterocycles. The van der Waals surface area contributed by atoms with E-state index in [0.717, 1.165) is 10.7 Å². The van der Waals surface area contributed by atoms with Crippen LogP contribution in [0, 0.1) is 0 Å². The Morgan fingerprint density at radius 2 is 2.11 bits per heavy atom. The molecule has 0 atom stereocenters. The first-order valence-electron chi connectivity index (χ1n) is 5.24. The van der Waals surface area contributed by atoms with Crippen molar-refractivity contribution in [1.82, 2.24) is 14.8 Å². The van der Waals surface area contributed by atoms with Crippen LogP contribution in [0.3, 0.4) is 0 Å². The minimum atomic E-state index is -4.52. The summed E-state index contributed by atoms with van der Waals surface area (Å²) < 4.78 is 39.4. The summed E-state index contributed by atoms with van der Waals surface area (Å²) >= 11 is 0. The number of rotatable bonds is 2. The van der Waals surface area contributed by atoms with Crippen LogP contribution in [0.5, 0.6) is 0 Å². The summed E-state index contributed by atoms with van der Waals surface area (Å²) in [5.74, 6) is -0.541. The number of hydrogen-bond acceptors (Lipinski definition) is 3. The van der Waals surface area contributed by atoms with Crippen molar-refractivity contribution < 1.29 is 18.0 Å². The van der Waals surface area contributed by atoms with Crippen molar-refractivity contribution in [2.24, 2.45) is 0 Å². The molecule has 1 N–H and O–H groups in total. The smallest absolute Gasteiger partial charge is 0.309 e. The highest BCUT2D eigenvalue weighted by molar-refractivity contribution is 5.87. The lowest BCUT2D eigenvalue weighted by atomic mass is 10.2. The highest BCUT2D eigenvalue weighted by Gasteiger charge is 2.34. The zero-order valence-corrected chi connectivity index (χ0v) is 9.77. The largest absolute Gasteiger partial charge is 0.420 e. The van der Waals surface area contributed by atoms with E-state index in [1.807, 2.05) is 0 Å². The average molecular weight is 270 g/mol. The number of hydrogen-bond donors (Lipinski definition) is 1. The van der Waals surface area contributed by atoms with Crippen LogP contribution in [0.2, 0.25) is 0 Å². The lowest BCUT2D eigenvalue weighted by Crippen LogP contribution is -2.13. The van der Waals surface area contributed by atoms with Crippen LogP contribution >= 0.6 is 0 Å². The maximum absolute atomic E-state index is 12.8. The Morgan fingerprint density at radius 3 is 2.74 bits per heavy atom. The van der Waals surface area contributed by atoms with Gasteiger partial charge >= 0.3 is 6.18 Å². The van der Waals surface area contributed by atoms with Gasteiger partial charge in [-0.25, -0.2) is 9.67 Å². The second kappa shape index (κ2) is 4.71. The molecule has 2 heterocycles. The summed E-state index contributed by atoms with van der Waals surface area (Å²) in [6.07, 6.45) is -1.99. The molecule has 8 heteroatoms. The van der Waals surface area contributed by atoms with Crippen LogP contribution in [-0.4, -0.2) is 20.7 Å². The molecule has 0 aromatic carbocycles. The molecule has 0 aliphatic carbocycles. The molecule has 2 aromatic heterocycles. The Morgan fingerprint density at radius 1 is 1.37 bits per heavy atom. The minimum Gasteiger partial charge on any atom is -0.309 e. The van der Waals surface area contributed by atoms with Gasteiger partial charge in [-0.15, -0.1) is 5.10 Å². The summed E-state index contributed by atoms with van der Waals surface area (Å²) in [5, 5.41) is 6.19. The topological polar surface area (TPSA) is 59.8 Å². The van der Waals surface area contributed by atoms with Gasteiger partial charge in [-0.1, -0.05) is 0 Å². The second-order valence-corrected chi connectivity index (χ2v) is 3.70. The molecule has 1 amide bonds. The van der Waals surface area contributed by atoms with Crippen molar-refractivity contribution in [2.75, 3.05) is 5.32 Å². The number of alkyl halides is 3. The Balaban J connectivity index is 2.42. The van der Waals surface area contributed by atoms with Crippen LogP contribution in [-0.2, 0) is 11.0 Å². The standard InChI is InChI=1S/C11H9F3N4O/c1-7(19)16-9-4-6-18(17-9)10-8(11(12,13)14)3-2-5-15-10/h2-6H,1H3,(H,16,17,19). The molecule has 0 spiro atoms. The molecule has 0 bridgehead atoms. The molecule has 0 saturated carbocycles. The predicted octanol–water partition coefficient (Wildman–Crippen LogP) is 2.24. The molecule has 0 aliphatic heterocycles. The fourth-order valence-electron chi connectivity index (χ4n) is 1.49. The van der Waals surface area contributed by atoms with E-state index >= 15 is 0 Å². The van der Waals surface area contributed by atoms with Crippen molar-refractivity contribution in [2.45, 2.75) is 13.1 Å². The molecule has 2 rings (SSSR count).